The quantitative estimate of drug-likeness (QED) is 0.349. The number of carbonyl (C=O) groups excluding carboxylic acids is 3. The highest BCUT2D eigenvalue weighted by Gasteiger charge is 2.24. The molecule has 12 nitrogen and oxygen atoms in total. The summed E-state index contributed by atoms with van der Waals surface area (Å²) in [6.45, 7) is 8.11. The van der Waals surface area contributed by atoms with E-state index in [2.05, 4.69) is 16.0 Å². The number of anilines is 1. The topological polar surface area (TPSA) is 154 Å². The van der Waals surface area contributed by atoms with Crippen molar-refractivity contribution in [2.24, 2.45) is 0 Å². The minimum atomic E-state index is -0.934. The van der Waals surface area contributed by atoms with Gasteiger partial charge < -0.3 is 39.3 Å². The molecule has 3 N–H and O–H groups in total. The first kappa shape index (κ1) is 30.8. The molecule has 3 aromatic rings. The molecule has 0 aliphatic rings. The number of carbonyl (C=O) groups is 3. The fraction of sp³-hybridized carbons (Fsp3) is 0.379. The van der Waals surface area contributed by atoms with Gasteiger partial charge in [-0.2, -0.15) is 0 Å². The van der Waals surface area contributed by atoms with Gasteiger partial charge in [-0.15, -0.1) is 0 Å². The summed E-state index contributed by atoms with van der Waals surface area (Å²) in [4.78, 5) is 50.3. The lowest BCUT2D eigenvalue weighted by Crippen LogP contribution is -2.51. The first-order valence-corrected chi connectivity index (χ1v) is 12.8. The van der Waals surface area contributed by atoms with Crippen LogP contribution in [0, 0.1) is 0 Å². The summed E-state index contributed by atoms with van der Waals surface area (Å²) in [5, 5.41) is 7.91. The van der Waals surface area contributed by atoms with Gasteiger partial charge in [0.25, 0.3) is 0 Å². The van der Waals surface area contributed by atoms with Crippen LogP contribution in [-0.2, 0) is 14.3 Å². The van der Waals surface area contributed by atoms with Crippen molar-refractivity contribution in [3.8, 4) is 28.6 Å². The van der Waals surface area contributed by atoms with Crippen molar-refractivity contribution in [3.05, 3.63) is 46.6 Å². The standard InChI is InChI=1S/C29H35N3O9/c1-15(30-26(34)16(2)31-28(36)41-29(3,4)5)27(35)32-18-11-9-10-17(12-18)20-13-19(33)23-21(40-20)14-22(37-6)24(38-7)25(23)39-8/h9-16H,1-8H3,(H,30,34)(H,31,36)(H,32,35)/t15-,16-/m0/s1. The number of nitrogens with one attached hydrogen (secondary N) is 3. The number of fused-ring (bicyclic) bond motifs is 1. The molecule has 0 unspecified atom stereocenters. The summed E-state index contributed by atoms with van der Waals surface area (Å²) in [5.41, 5.74) is 0.0643. The van der Waals surface area contributed by atoms with E-state index in [4.69, 9.17) is 23.4 Å². The lowest BCUT2D eigenvalue weighted by Gasteiger charge is -2.22. The van der Waals surface area contributed by atoms with E-state index >= 15 is 0 Å². The Labute approximate surface area is 237 Å². The molecule has 0 fully saturated rings. The minimum absolute atomic E-state index is 0.190. The molecule has 12 heteroatoms. The third-order valence-corrected chi connectivity index (χ3v) is 5.82. The van der Waals surface area contributed by atoms with Crippen molar-refractivity contribution in [2.45, 2.75) is 52.3 Å². The fourth-order valence-electron chi connectivity index (χ4n) is 3.88. The van der Waals surface area contributed by atoms with E-state index in [1.807, 2.05) is 0 Å². The summed E-state index contributed by atoms with van der Waals surface area (Å²) in [5.74, 6) is -0.0337. The number of benzene rings is 2. The van der Waals surface area contributed by atoms with E-state index in [0.29, 0.717) is 17.0 Å². The second kappa shape index (κ2) is 12.6. The summed E-state index contributed by atoms with van der Waals surface area (Å²) < 4.78 is 27.3. The minimum Gasteiger partial charge on any atom is -0.493 e. The Bertz CT molecular complexity index is 1510. The third kappa shape index (κ3) is 7.47. The number of alkyl carbamates (subject to hydrolysis) is 1. The molecule has 1 heterocycles. The van der Waals surface area contributed by atoms with Crippen LogP contribution in [0.2, 0.25) is 0 Å². The average molecular weight is 570 g/mol. The van der Waals surface area contributed by atoms with E-state index in [0.717, 1.165) is 0 Å². The lowest BCUT2D eigenvalue weighted by molar-refractivity contribution is -0.127. The number of methoxy groups -OCH3 is 3. The molecular formula is C29H35N3O9. The van der Waals surface area contributed by atoms with Crippen molar-refractivity contribution in [2.75, 3.05) is 26.6 Å². The number of rotatable bonds is 9. The van der Waals surface area contributed by atoms with Crippen LogP contribution in [0.25, 0.3) is 22.3 Å². The zero-order chi connectivity index (χ0) is 30.5. The van der Waals surface area contributed by atoms with Crippen LogP contribution in [0.4, 0.5) is 10.5 Å². The van der Waals surface area contributed by atoms with Gasteiger partial charge in [-0.25, -0.2) is 4.79 Å². The largest absolute Gasteiger partial charge is 0.493 e. The van der Waals surface area contributed by atoms with Crippen LogP contribution in [0.5, 0.6) is 17.2 Å². The fourth-order valence-corrected chi connectivity index (χ4v) is 3.88. The molecule has 1 aromatic heterocycles. The van der Waals surface area contributed by atoms with E-state index in [9.17, 15) is 19.2 Å². The SMILES string of the molecule is COc1cc2oc(-c3cccc(NC(=O)[C@H](C)NC(=O)[C@H](C)NC(=O)OC(C)(C)C)c3)cc(=O)c2c(OC)c1OC. The Morgan fingerprint density at radius 2 is 1.51 bits per heavy atom. The molecular weight excluding hydrogens is 534 g/mol. The van der Waals surface area contributed by atoms with E-state index in [-0.39, 0.29) is 33.7 Å². The molecule has 0 bridgehead atoms. The molecule has 3 amide bonds. The van der Waals surface area contributed by atoms with Crippen LogP contribution in [0.3, 0.4) is 0 Å². The van der Waals surface area contributed by atoms with Crippen molar-refractivity contribution >= 4 is 34.6 Å². The highest BCUT2D eigenvalue weighted by molar-refractivity contribution is 5.98. The number of amides is 3. The van der Waals surface area contributed by atoms with Crippen LogP contribution in [0.1, 0.15) is 34.6 Å². The van der Waals surface area contributed by atoms with Crippen LogP contribution in [-0.4, -0.2) is 56.9 Å². The maximum atomic E-state index is 13.1. The normalized spacial score (nSPS) is 12.6. The van der Waals surface area contributed by atoms with Gasteiger partial charge in [-0.05, 0) is 46.8 Å². The zero-order valence-corrected chi connectivity index (χ0v) is 24.3. The average Bonchev–Trinajstić information content (AvgIpc) is 2.90. The first-order valence-electron chi connectivity index (χ1n) is 12.8. The Morgan fingerprint density at radius 3 is 2.12 bits per heavy atom. The predicted octanol–water partition coefficient (Wildman–Crippen LogP) is 3.84. The summed E-state index contributed by atoms with van der Waals surface area (Å²) in [7, 11) is 4.31. The highest BCUT2D eigenvalue weighted by atomic mass is 16.6. The van der Waals surface area contributed by atoms with Gasteiger partial charge in [0.1, 0.15) is 34.4 Å². The van der Waals surface area contributed by atoms with Crippen LogP contribution >= 0.6 is 0 Å². The van der Waals surface area contributed by atoms with Crippen molar-refractivity contribution in [1.82, 2.24) is 10.6 Å². The molecule has 0 radical (unpaired) electrons. The Morgan fingerprint density at radius 1 is 0.854 bits per heavy atom. The second-order valence-electron chi connectivity index (χ2n) is 10.2. The first-order chi connectivity index (χ1) is 19.3. The van der Waals surface area contributed by atoms with Gasteiger partial charge in [-0.1, -0.05) is 12.1 Å². The van der Waals surface area contributed by atoms with Gasteiger partial charge >= 0.3 is 6.09 Å². The number of hydrogen-bond acceptors (Lipinski definition) is 9. The van der Waals surface area contributed by atoms with E-state index < -0.39 is 35.6 Å². The predicted molar refractivity (Wildman–Crippen MR) is 153 cm³/mol. The van der Waals surface area contributed by atoms with Gasteiger partial charge in [0.15, 0.2) is 16.9 Å². The summed E-state index contributed by atoms with van der Waals surface area (Å²) >= 11 is 0. The van der Waals surface area contributed by atoms with Crippen molar-refractivity contribution in [1.29, 1.82) is 0 Å². The number of hydrogen-bond donors (Lipinski definition) is 3. The molecule has 0 aliphatic heterocycles. The zero-order valence-electron chi connectivity index (χ0n) is 24.3. The Hall–Kier alpha value is -4.74. The lowest BCUT2D eigenvalue weighted by atomic mass is 10.1. The second-order valence-corrected chi connectivity index (χ2v) is 10.2. The smallest absolute Gasteiger partial charge is 0.408 e. The molecule has 0 spiro atoms. The van der Waals surface area contributed by atoms with Crippen molar-refractivity contribution in [3.63, 3.8) is 0 Å². The maximum Gasteiger partial charge on any atom is 0.408 e. The van der Waals surface area contributed by atoms with Gasteiger partial charge in [-0.3, -0.25) is 14.4 Å². The Kier molecular flexibility index (Phi) is 9.48. The molecule has 0 saturated carbocycles. The Balaban J connectivity index is 1.77. The molecule has 0 aliphatic carbocycles. The monoisotopic (exact) mass is 569 g/mol. The highest BCUT2D eigenvalue weighted by Crippen LogP contribution is 2.42. The van der Waals surface area contributed by atoms with E-state index in [1.165, 1.54) is 47.3 Å². The third-order valence-electron chi connectivity index (χ3n) is 5.82. The molecule has 2 atom stereocenters. The maximum absolute atomic E-state index is 13.1. The van der Waals surface area contributed by atoms with Crippen molar-refractivity contribution < 1.29 is 37.7 Å². The molecule has 3 rings (SSSR count). The molecule has 220 valence electrons. The molecule has 41 heavy (non-hydrogen) atoms. The molecule has 2 aromatic carbocycles. The molecule has 0 saturated heterocycles. The van der Waals surface area contributed by atoms with Gasteiger partial charge in [0, 0.05) is 23.4 Å². The van der Waals surface area contributed by atoms with E-state index in [1.54, 1.807) is 45.0 Å². The van der Waals surface area contributed by atoms with Crippen LogP contribution < -0.4 is 35.6 Å². The van der Waals surface area contributed by atoms with Crippen LogP contribution in [0.15, 0.2) is 45.6 Å². The van der Waals surface area contributed by atoms with Gasteiger partial charge in [0.2, 0.25) is 17.6 Å². The summed E-state index contributed by atoms with van der Waals surface area (Å²) in [6.07, 6.45) is -0.745. The number of ether oxygens (including phenoxy) is 4. The summed E-state index contributed by atoms with van der Waals surface area (Å²) in [6, 6.07) is 7.67. The van der Waals surface area contributed by atoms with Gasteiger partial charge in [0.05, 0.1) is 21.3 Å².